The van der Waals surface area contributed by atoms with Gasteiger partial charge in [0, 0.05) is 18.8 Å². The van der Waals surface area contributed by atoms with Crippen LogP contribution in [0.15, 0.2) is 39.8 Å². The molecule has 7 heteroatoms. The maximum absolute atomic E-state index is 12.5. The van der Waals surface area contributed by atoms with Crippen molar-refractivity contribution in [3.8, 4) is 11.3 Å². The molecule has 0 N–H and O–H groups in total. The fourth-order valence-electron chi connectivity index (χ4n) is 3.10. The van der Waals surface area contributed by atoms with Crippen molar-refractivity contribution in [2.75, 3.05) is 6.61 Å². The van der Waals surface area contributed by atoms with Crippen molar-refractivity contribution in [3.05, 3.63) is 46.6 Å². The molecule has 5 nitrogen and oxygen atoms in total. The zero-order valence-corrected chi connectivity index (χ0v) is 15.6. The number of pyridine rings is 1. The third kappa shape index (κ3) is 2.87. The van der Waals surface area contributed by atoms with Crippen LogP contribution in [-0.4, -0.2) is 27.3 Å². The van der Waals surface area contributed by atoms with Gasteiger partial charge in [0.1, 0.15) is 9.90 Å². The number of rotatable bonds is 4. The SMILES string of the molecule is CCOC(=O)c1sc(Sc2ccccn2)c2c1CCc1cnn(C)c1-2. The number of hydrogen-bond donors (Lipinski definition) is 0. The molecular formula is C18H17N3O2S2. The lowest BCUT2D eigenvalue weighted by Gasteiger charge is -2.16. The molecule has 128 valence electrons. The molecule has 0 atom stereocenters. The van der Waals surface area contributed by atoms with E-state index in [2.05, 4.69) is 10.1 Å². The molecule has 0 radical (unpaired) electrons. The fourth-order valence-corrected chi connectivity index (χ4v) is 5.53. The average Bonchev–Trinajstić information content (AvgIpc) is 3.17. The maximum Gasteiger partial charge on any atom is 0.348 e. The van der Waals surface area contributed by atoms with Gasteiger partial charge in [-0.25, -0.2) is 9.78 Å². The first-order valence-corrected chi connectivity index (χ1v) is 9.75. The van der Waals surface area contributed by atoms with Crippen LogP contribution < -0.4 is 0 Å². The molecule has 0 unspecified atom stereocenters. The highest BCUT2D eigenvalue weighted by molar-refractivity contribution is 8.01. The number of aryl methyl sites for hydroxylation is 2. The van der Waals surface area contributed by atoms with Crippen LogP contribution in [0.3, 0.4) is 0 Å². The Hall–Kier alpha value is -2.12. The fraction of sp³-hybridized carbons (Fsp3) is 0.278. The van der Waals surface area contributed by atoms with E-state index in [0.717, 1.165) is 38.9 Å². The summed E-state index contributed by atoms with van der Waals surface area (Å²) in [7, 11) is 1.95. The monoisotopic (exact) mass is 371 g/mol. The predicted molar refractivity (Wildman–Crippen MR) is 98.2 cm³/mol. The zero-order chi connectivity index (χ0) is 17.4. The number of thiophene rings is 1. The van der Waals surface area contributed by atoms with E-state index in [9.17, 15) is 4.79 Å². The van der Waals surface area contributed by atoms with Gasteiger partial charge in [0.2, 0.25) is 0 Å². The van der Waals surface area contributed by atoms with Gasteiger partial charge >= 0.3 is 5.97 Å². The minimum atomic E-state index is -0.234. The van der Waals surface area contributed by atoms with Crippen LogP contribution in [0.25, 0.3) is 11.3 Å². The van der Waals surface area contributed by atoms with Crippen molar-refractivity contribution in [2.45, 2.75) is 29.0 Å². The van der Waals surface area contributed by atoms with Crippen LogP contribution in [0.4, 0.5) is 0 Å². The van der Waals surface area contributed by atoms with E-state index in [1.165, 1.54) is 16.9 Å². The summed E-state index contributed by atoms with van der Waals surface area (Å²) in [6, 6.07) is 5.85. The first kappa shape index (κ1) is 16.4. The number of ether oxygens (including phenoxy) is 1. The molecular weight excluding hydrogens is 354 g/mol. The average molecular weight is 371 g/mol. The molecule has 0 fully saturated rings. The van der Waals surface area contributed by atoms with Gasteiger partial charge < -0.3 is 4.74 Å². The number of aromatic nitrogens is 3. The number of fused-ring (bicyclic) bond motifs is 3. The summed E-state index contributed by atoms with van der Waals surface area (Å²) >= 11 is 3.09. The van der Waals surface area contributed by atoms with E-state index in [1.54, 1.807) is 18.0 Å². The van der Waals surface area contributed by atoms with Gasteiger partial charge in [-0.05, 0) is 43.0 Å². The van der Waals surface area contributed by atoms with E-state index in [4.69, 9.17) is 4.74 Å². The molecule has 4 rings (SSSR count). The number of esters is 1. The van der Waals surface area contributed by atoms with Crippen molar-refractivity contribution in [1.29, 1.82) is 0 Å². The van der Waals surface area contributed by atoms with E-state index >= 15 is 0 Å². The van der Waals surface area contributed by atoms with Crippen molar-refractivity contribution in [3.63, 3.8) is 0 Å². The first-order valence-electron chi connectivity index (χ1n) is 8.12. The second kappa shape index (κ2) is 6.65. The lowest BCUT2D eigenvalue weighted by molar-refractivity contribution is 0.0531. The molecule has 3 aromatic rings. The minimum absolute atomic E-state index is 0.234. The molecule has 0 saturated carbocycles. The Morgan fingerprint density at radius 3 is 3.04 bits per heavy atom. The highest BCUT2D eigenvalue weighted by Crippen LogP contribution is 2.48. The number of carbonyl (C=O) groups excluding carboxylic acids is 1. The molecule has 0 bridgehead atoms. The van der Waals surface area contributed by atoms with Gasteiger partial charge in [0.15, 0.2) is 0 Å². The topological polar surface area (TPSA) is 57.0 Å². The van der Waals surface area contributed by atoms with E-state index in [-0.39, 0.29) is 5.97 Å². The number of hydrogen-bond acceptors (Lipinski definition) is 6. The Morgan fingerprint density at radius 2 is 2.28 bits per heavy atom. The number of nitrogens with zero attached hydrogens (tertiary/aromatic N) is 3. The van der Waals surface area contributed by atoms with Gasteiger partial charge in [0.25, 0.3) is 0 Å². The standard InChI is InChI=1S/C18H17N3O2S2/c1-3-23-17(22)16-12-8-7-11-10-20-21(2)15(11)14(12)18(25-16)24-13-6-4-5-9-19-13/h4-6,9-10H,3,7-8H2,1-2H3. The Morgan fingerprint density at radius 1 is 1.40 bits per heavy atom. The van der Waals surface area contributed by atoms with Crippen molar-refractivity contribution < 1.29 is 9.53 Å². The Balaban J connectivity index is 1.87. The smallest absolute Gasteiger partial charge is 0.348 e. The van der Waals surface area contributed by atoms with Crippen molar-refractivity contribution in [2.24, 2.45) is 7.05 Å². The van der Waals surface area contributed by atoms with Crippen LogP contribution in [0.1, 0.15) is 27.7 Å². The van der Waals surface area contributed by atoms with Crippen LogP contribution in [-0.2, 0) is 24.6 Å². The summed E-state index contributed by atoms with van der Waals surface area (Å²) in [5.74, 6) is -0.234. The Labute approximate surface area is 154 Å². The molecule has 1 aliphatic carbocycles. The largest absolute Gasteiger partial charge is 0.462 e. The Kier molecular flexibility index (Phi) is 4.35. The van der Waals surface area contributed by atoms with Gasteiger partial charge in [-0.2, -0.15) is 5.10 Å². The summed E-state index contributed by atoms with van der Waals surface area (Å²) in [4.78, 5) is 17.6. The molecule has 0 aromatic carbocycles. The van der Waals surface area contributed by atoms with E-state index in [0.29, 0.717) is 11.5 Å². The third-order valence-electron chi connectivity index (χ3n) is 4.17. The van der Waals surface area contributed by atoms with Gasteiger partial charge in [-0.1, -0.05) is 17.8 Å². The van der Waals surface area contributed by atoms with Gasteiger partial charge in [-0.3, -0.25) is 4.68 Å². The van der Waals surface area contributed by atoms with Crippen LogP contribution in [0, 0.1) is 0 Å². The van der Waals surface area contributed by atoms with E-state index in [1.807, 2.05) is 43.0 Å². The molecule has 0 saturated heterocycles. The van der Waals surface area contributed by atoms with E-state index < -0.39 is 0 Å². The molecule has 0 amide bonds. The number of carbonyl (C=O) groups is 1. The zero-order valence-electron chi connectivity index (χ0n) is 14.0. The predicted octanol–water partition coefficient (Wildman–Crippen LogP) is 3.97. The molecule has 1 aliphatic rings. The van der Waals surface area contributed by atoms with Gasteiger partial charge in [0.05, 0.1) is 22.7 Å². The second-order valence-electron chi connectivity index (χ2n) is 5.70. The summed E-state index contributed by atoms with van der Waals surface area (Å²) in [5, 5.41) is 5.33. The highest BCUT2D eigenvalue weighted by atomic mass is 32.2. The second-order valence-corrected chi connectivity index (χ2v) is 8.01. The molecule has 0 spiro atoms. The van der Waals surface area contributed by atoms with Crippen molar-refractivity contribution >= 4 is 29.1 Å². The van der Waals surface area contributed by atoms with Crippen LogP contribution >= 0.6 is 23.1 Å². The van der Waals surface area contributed by atoms with Crippen molar-refractivity contribution in [1.82, 2.24) is 14.8 Å². The lowest BCUT2D eigenvalue weighted by Crippen LogP contribution is -2.10. The summed E-state index contributed by atoms with van der Waals surface area (Å²) in [6.07, 6.45) is 5.44. The maximum atomic E-state index is 12.5. The summed E-state index contributed by atoms with van der Waals surface area (Å²) < 4.78 is 8.25. The lowest BCUT2D eigenvalue weighted by atomic mass is 9.92. The van der Waals surface area contributed by atoms with Crippen LogP contribution in [0.2, 0.25) is 0 Å². The Bertz CT molecular complexity index is 931. The molecule has 3 heterocycles. The van der Waals surface area contributed by atoms with Crippen LogP contribution in [0.5, 0.6) is 0 Å². The van der Waals surface area contributed by atoms with Gasteiger partial charge in [-0.15, -0.1) is 11.3 Å². The normalized spacial score (nSPS) is 12.6. The first-order chi connectivity index (χ1) is 12.2. The highest BCUT2D eigenvalue weighted by Gasteiger charge is 2.31. The molecule has 3 aromatic heterocycles. The minimum Gasteiger partial charge on any atom is -0.462 e. The quantitative estimate of drug-likeness (QED) is 0.650. The third-order valence-corrected chi connectivity index (χ3v) is 6.51. The summed E-state index contributed by atoms with van der Waals surface area (Å²) in [6.45, 7) is 2.21. The molecule has 25 heavy (non-hydrogen) atoms. The summed E-state index contributed by atoms with van der Waals surface area (Å²) in [5.41, 5.74) is 4.53. The molecule has 0 aliphatic heterocycles.